The molecule has 2 aromatic carbocycles. The first-order chi connectivity index (χ1) is 15.6. The van der Waals surface area contributed by atoms with Crippen LogP contribution >= 0.6 is 0 Å². The van der Waals surface area contributed by atoms with Crippen LogP contribution in [-0.4, -0.2) is 45.3 Å². The first-order valence-corrected chi connectivity index (χ1v) is 10.4. The number of urea groups is 1. The summed E-state index contributed by atoms with van der Waals surface area (Å²) in [5.41, 5.74) is -2.07. The van der Waals surface area contributed by atoms with E-state index in [0.717, 1.165) is 0 Å². The maximum atomic E-state index is 13.6. The fraction of sp³-hybridized carbons (Fsp3) is 0.292. The highest BCUT2D eigenvalue weighted by atomic mass is 16.6. The monoisotopic (exact) mass is 451 g/mol. The van der Waals surface area contributed by atoms with Crippen LogP contribution in [0.2, 0.25) is 0 Å². The molecule has 9 heteroatoms. The van der Waals surface area contributed by atoms with Gasteiger partial charge in [-0.2, -0.15) is 4.90 Å². The van der Waals surface area contributed by atoms with Gasteiger partial charge in [0.25, 0.3) is 5.91 Å². The number of aromatic hydroxyl groups is 1. The molecule has 1 fully saturated rings. The molecule has 0 unspecified atom stereocenters. The fourth-order valence-electron chi connectivity index (χ4n) is 3.90. The number of hydrogen-bond donors (Lipinski definition) is 2. The molecule has 172 valence electrons. The van der Waals surface area contributed by atoms with Crippen LogP contribution in [0.15, 0.2) is 54.7 Å². The highest BCUT2D eigenvalue weighted by molar-refractivity contribution is 6.17. The van der Waals surface area contributed by atoms with E-state index in [9.17, 15) is 19.5 Å². The summed E-state index contributed by atoms with van der Waals surface area (Å²) in [6, 6.07) is 12.9. The van der Waals surface area contributed by atoms with Gasteiger partial charge in [0.05, 0.1) is 13.7 Å². The van der Waals surface area contributed by atoms with Crippen LogP contribution in [0.1, 0.15) is 26.3 Å². The molecule has 2 heterocycles. The Bertz CT molecular complexity index is 1240. The van der Waals surface area contributed by atoms with Crippen molar-refractivity contribution in [2.75, 3.05) is 7.11 Å². The van der Waals surface area contributed by atoms with Gasteiger partial charge in [0.15, 0.2) is 11.4 Å². The minimum atomic E-state index is -1.63. The van der Waals surface area contributed by atoms with Crippen LogP contribution in [0.4, 0.5) is 9.59 Å². The normalized spacial score (nSPS) is 18.5. The second-order valence-electron chi connectivity index (χ2n) is 8.86. The Morgan fingerprint density at radius 1 is 1.12 bits per heavy atom. The molecule has 1 aliphatic rings. The third kappa shape index (κ3) is 3.86. The van der Waals surface area contributed by atoms with E-state index < -0.39 is 29.2 Å². The Morgan fingerprint density at radius 2 is 1.82 bits per heavy atom. The van der Waals surface area contributed by atoms with Crippen LogP contribution in [0, 0.1) is 0 Å². The number of carbonyl (C=O) groups is 3. The number of aromatic nitrogens is 1. The Hall–Kier alpha value is -4.01. The molecule has 1 saturated heterocycles. The first kappa shape index (κ1) is 22.2. The molecule has 2 N–H and O–H groups in total. The lowest BCUT2D eigenvalue weighted by molar-refractivity contribution is -0.131. The number of carbonyl (C=O) groups excluding carboxylic acids is 3. The largest absolute Gasteiger partial charge is 0.497 e. The van der Waals surface area contributed by atoms with Crippen molar-refractivity contribution >= 4 is 28.8 Å². The zero-order chi connectivity index (χ0) is 24.0. The van der Waals surface area contributed by atoms with Crippen molar-refractivity contribution in [1.82, 2.24) is 14.8 Å². The third-order valence-corrected chi connectivity index (χ3v) is 5.41. The topological polar surface area (TPSA) is 110 Å². The predicted molar refractivity (Wildman–Crippen MR) is 120 cm³/mol. The van der Waals surface area contributed by atoms with E-state index in [1.54, 1.807) is 82.6 Å². The van der Waals surface area contributed by atoms with E-state index in [0.29, 0.717) is 27.0 Å². The number of hydrogen-bond acceptors (Lipinski definition) is 6. The standard InChI is InChI=1S/C24H25N3O6/c1-23(2,3)33-22(31)27-20(29)24(25-21(27)30,16-8-6-5-7-9-16)14-26-13-15-12-17(32-4)10-11-18(15)19(26)28/h5-13,28H,14H2,1-4H3,(H,25,30)/t24-/m1/s1. The number of amides is 4. The number of nitrogens with one attached hydrogen (secondary N) is 1. The van der Waals surface area contributed by atoms with E-state index in [2.05, 4.69) is 5.32 Å². The molecule has 1 aliphatic heterocycles. The highest BCUT2D eigenvalue weighted by Crippen LogP contribution is 2.36. The van der Waals surface area contributed by atoms with Gasteiger partial charge < -0.3 is 24.5 Å². The SMILES string of the molecule is COc1ccc2c(O)n(C[C@]3(c4ccccc4)NC(=O)N(C(=O)OC(C)(C)C)C3=O)cc2c1. The fourth-order valence-corrected chi connectivity index (χ4v) is 3.90. The molecule has 0 radical (unpaired) electrons. The molecule has 0 saturated carbocycles. The molecule has 1 atom stereocenters. The smallest absolute Gasteiger partial charge is 0.425 e. The van der Waals surface area contributed by atoms with Gasteiger partial charge in [-0.25, -0.2) is 9.59 Å². The van der Waals surface area contributed by atoms with E-state index in [1.165, 1.54) is 4.57 Å². The van der Waals surface area contributed by atoms with E-state index in [4.69, 9.17) is 9.47 Å². The molecule has 4 amide bonds. The maximum Gasteiger partial charge on any atom is 0.425 e. The molecule has 3 aromatic rings. The average Bonchev–Trinajstić information content (AvgIpc) is 3.20. The van der Waals surface area contributed by atoms with E-state index in [-0.39, 0.29) is 12.4 Å². The van der Waals surface area contributed by atoms with Gasteiger partial charge in [-0.3, -0.25) is 4.79 Å². The van der Waals surface area contributed by atoms with Crippen molar-refractivity contribution in [3.8, 4) is 11.6 Å². The maximum absolute atomic E-state index is 13.6. The molecule has 33 heavy (non-hydrogen) atoms. The minimum Gasteiger partial charge on any atom is -0.497 e. The number of imide groups is 3. The van der Waals surface area contributed by atoms with Crippen molar-refractivity contribution in [3.05, 3.63) is 60.3 Å². The molecular formula is C24H25N3O6. The van der Waals surface area contributed by atoms with E-state index in [1.807, 2.05) is 0 Å². The zero-order valence-corrected chi connectivity index (χ0v) is 18.8. The molecule has 0 spiro atoms. The van der Waals surface area contributed by atoms with Crippen LogP contribution < -0.4 is 10.1 Å². The highest BCUT2D eigenvalue weighted by Gasteiger charge is 2.56. The lowest BCUT2D eigenvalue weighted by Gasteiger charge is -2.28. The van der Waals surface area contributed by atoms with Crippen molar-refractivity contribution in [2.45, 2.75) is 38.5 Å². The lowest BCUT2D eigenvalue weighted by Crippen LogP contribution is -2.48. The summed E-state index contributed by atoms with van der Waals surface area (Å²) in [5.74, 6) is -0.262. The molecule has 1 aromatic heterocycles. The first-order valence-electron chi connectivity index (χ1n) is 10.4. The third-order valence-electron chi connectivity index (χ3n) is 5.41. The van der Waals surface area contributed by atoms with Gasteiger partial charge in [-0.1, -0.05) is 30.3 Å². The average molecular weight is 451 g/mol. The molecule has 4 rings (SSSR count). The Morgan fingerprint density at radius 3 is 2.45 bits per heavy atom. The van der Waals surface area contributed by atoms with Crippen LogP contribution in [-0.2, 0) is 21.6 Å². The summed E-state index contributed by atoms with van der Waals surface area (Å²) in [4.78, 5) is 39.6. The number of benzene rings is 2. The summed E-state index contributed by atoms with van der Waals surface area (Å²) < 4.78 is 12.0. The van der Waals surface area contributed by atoms with Gasteiger partial charge >= 0.3 is 12.1 Å². The van der Waals surface area contributed by atoms with Crippen molar-refractivity contribution in [3.63, 3.8) is 0 Å². The number of fused-ring (bicyclic) bond motifs is 1. The van der Waals surface area contributed by atoms with Gasteiger partial charge in [-0.15, -0.1) is 0 Å². The number of rotatable bonds is 4. The second-order valence-corrected chi connectivity index (χ2v) is 8.86. The summed E-state index contributed by atoms with van der Waals surface area (Å²) in [6.45, 7) is 4.78. The lowest BCUT2D eigenvalue weighted by atomic mass is 9.89. The van der Waals surface area contributed by atoms with Crippen molar-refractivity contribution in [1.29, 1.82) is 0 Å². The van der Waals surface area contributed by atoms with Gasteiger partial charge in [0.1, 0.15) is 11.4 Å². The van der Waals surface area contributed by atoms with E-state index >= 15 is 0 Å². The quantitative estimate of drug-likeness (QED) is 0.585. The molecule has 0 aliphatic carbocycles. The van der Waals surface area contributed by atoms with Crippen molar-refractivity contribution < 1.29 is 29.0 Å². The second kappa shape index (κ2) is 7.84. The number of nitrogens with zero attached hydrogens (tertiary/aromatic N) is 2. The zero-order valence-electron chi connectivity index (χ0n) is 18.8. The summed E-state index contributed by atoms with van der Waals surface area (Å²) >= 11 is 0. The Balaban J connectivity index is 1.80. The number of methoxy groups -OCH3 is 1. The molecular weight excluding hydrogens is 426 g/mol. The summed E-state index contributed by atoms with van der Waals surface area (Å²) in [5, 5.41) is 14.8. The predicted octanol–water partition coefficient (Wildman–Crippen LogP) is 3.74. The Labute approximate surface area is 190 Å². The summed E-state index contributed by atoms with van der Waals surface area (Å²) in [6.07, 6.45) is 0.599. The van der Waals surface area contributed by atoms with Gasteiger partial charge in [-0.05, 0) is 44.5 Å². The molecule has 9 nitrogen and oxygen atoms in total. The number of ether oxygens (including phenoxy) is 2. The van der Waals surface area contributed by atoms with Crippen LogP contribution in [0.3, 0.4) is 0 Å². The Kier molecular flexibility index (Phi) is 5.27. The van der Waals surface area contributed by atoms with Gasteiger partial charge in [0.2, 0.25) is 0 Å². The minimum absolute atomic E-state index is 0.0827. The van der Waals surface area contributed by atoms with Crippen LogP contribution in [0.5, 0.6) is 11.6 Å². The van der Waals surface area contributed by atoms with Crippen molar-refractivity contribution in [2.24, 2.45) is 0 Å². The summed E-state index contributed by atoms with van der Waals surface area (Å²) in [7, 11) is 1.54. The van der Waals surface area contributed by atoms with Crippen LogP contribution in [0.25, 0.3) is 10.8 Å². The molecule has 0 bridgehead atoms. The van der Waals surface area contributed by atoms with Gasteiger partial charge in [0, 0.05) is 17.0 Å².